The first kappa shape index (κ1) is 14.9. The Morgan fingerprint density at radius 1 is 1.22 bits per heavy atom. The summed E-state index contributed by atoms with van der Waals surface area (Å²) in [5.74, 6) is -0.803. The average Bonchev–Trinajstić information content (AvgIpc) is 2.57. The fourth-order valence-corrected chi connectivity index (χ4v) is 2.37. The monoisotopic (exact) mass is 311 g/mol. The van der Waals surface area contributed by atoms with Gasteiger partial charge in [0.25, 0.3) is 0 Å². The Balaban J connectivity index is 1.80. The molecule has 0 aliphatic rings. The lowest BCUT2D eigenvalue weighted by Gasteiger charge is -2.11. The minimum absolute atomic E-state index is 0.0715. The zero-order valence-corrected chi connectivity index (χ0v) is 12.2. The standard InChI is InChI=1S/C17H14FN3O2/c18-14-5-1-4-13-15(22)6-8-21(17(13)14)11-16(23)20-10-12-3-2-7-19-9-12/h1-9H,10-11H2,(H,20,23). The topological polar surface area (TPSA) is 64.0 Å². The van der Waals surface area contributed by atoms with Gasteiger partial charge in [-0.25, -0.2) is 4.39 Å². The third-order valence-electron chi connectivity index (χ3n) is 3.47. The molecule has 0 aliphatic carbocycles. The Morgan fingerprint density at radius 3 is 2.87 bits per heavy atom. The highest BCUT2D eigenvalue weighted by molar-refractivity contribution is 5.82. The number of rotatable bonds is 4. The number of nitrogens with zero attached hydrogens (tertiary/aromatic N) is 2. The smallest absolute Gasteiger partial charge is 0.240 e. The van der Waals surface area contributed by atoms with E-state index in [4.69, 9.17) is 0 Å². The zero-order chi connectivity index (χ0) is 16.2. The molecule has 5 nitrogen and oxygen atoms in total. The van der Waals surface area contributed by atoms with E-state index in [1.54, 1.807) is 24.5 Å². The third kappa shape index (κ3) is 3.26. The Kier molecular flexibility index (Phi) is 4.14. The molecule has 2 aromatic heterocycles. The lowest BCUT2D eigenvalue weighted by molar-refractivity contribution is -0.121. The molecule has 0 fully saturated rings. The van der Waals surface area contributed by atoms with Gasteiger partial charge in [-0.15, -0.1) is 0 Å². The molecule has 1 N–H and O–H groups in total. The number of aromatic nitrogens is 2. The molecule has 1 amide bonds. The van der Waals surface area contributed by atoms with Crippen LogP contribution in [0.5, 0.6) is 0 Å². The minimum Gasteiger partial charge on any atom is -0.350 e. The Labute approximate surface area is 131 Å². The summed E-state index contributed by atoms with van der Waals surface area (Å²) in [4.78, 5) is 27.8. The summed E-state index contributed by atoms with van der Waals surface area (Å²) in [5.41, 5.74) is 0.736. The number of carbonyl (C=O) groups excluding carboxylic acids is 1. The lowest BCUT2D eigenvalue weighted by Crippen LogP contribution is -2.28. The Bertz CT molecular complexity index is 907. The first-order valence-corrected chi connectivity index (χ1v) is 7.08. The van der Waals surface area contributed by atoms with E-state index in [0.29, 0.717) is 6.54 Å². The predicted octanol–water partition coefficient (Wildman–Crippen LogP) is 1.85. The Morgan fingerprint density at radius 2 is 2.09 bits per heavy atom. The fraction of sp³-hybridized carbons (Fsp3) is 0.118. The molecule has 6 heteroatoms. The molecule has 0 aliphatic heterocycles. The van der Waals surface area contributed by atoms with Crippen LogP contribution >= 0.6 is 0 Å². The molecule has 23 heavy (non-hydrogen) atoms. The maximum Gasteiger partial charge on any atom is 0.240 e. The highest BCUT2D eigenvalue weighted by Crippen LogP contribution is 2.14. The van der Waals surface area contributed by atoms with Crippen LogP contribution in [-0.4, -0.2) is 15.5 Å². The van der Waals surface area contributed by atoms with Gasteiger partial charge in [0, 0.05) is 36.6 Å². The van der Waals surface area contributed by atoms with Crippen molar-refractivity contribution in [2.75, 3.05) is 0 Å². The summed E-state index contributed by atoms with van der Waals surface area (Å²) in [6.45, 7) is 0.269. The zero-order valence-electron chi connectivity index (χ0n) is 12.2. The molecule has 0 saturated carbocycles. The largest absolute Gasteiger partial charge is 0.350 e. The molecule has 0 spiro atoms. The van der Waals surface area contributed by atoms with Crippen LogP contribution in [0.4, 0.5) is 4.39 Å². The van der Waals surface area contributed by atoms with Gasteiger partial charge in [-0.05, 0) is 23.8 Å². The van der Waals surface area contributed by atoms with Gasteiger partial charge in [-0.1, -0.05) is 12.1 Å². The first-order chi connectivity index (χ1) is 11.1. The number of amides is 1. The molecule has 116 valence electrons. The van der Waals surface area contributed by atoms with Gasteiger partial charge >= 0.3 is 0 Å². The van der Waals surface area contributed by atoms with E-state index in [2.05, 4.69) is 10.3 Å². The molecular weight excluding hydrogens is 297 g/mol. The summed E-state index contributed by atoms with van der Waals surface area (Å²) in [6, 6.07) is 9.26. The number of hydrogen-bond acceptors (Lipinski definition) is 3. The van der Waals surface area contributed by atoms with Crippen molar-refractivity contribution in [3.63, 3.8) is 0 Å². The summed E-state index contributed by atoms with van der Waals surface area (Å²) in [6.07, 6.45) is 4.74. The van der Waals surface area contributed by atoms with Crippen molar-refractivity contribution in [1.82, 2.24) is 14.9 Å². The van der Waals surface area contributed by atoms with Gasteiger partial charge in [0.15, 0.2) is 5.43 Å². The maximum absolute atomic E-state index is 14.0. The van der Waals surface area contributed by atoms with Crippen molar-refractivity contribution in [3.8, 4) is 0 Å². The summed E-state index contributed by atoms with van der Waals surface area (Å²) < 4.78 is 15.5. The van der Waals surface area contributed by atoms with Crippen LogP contribution in [0, 0.1) is 5.82 Å². The van der Waals surface area contributed by atoms with E-state index in [9.17, 15) is 14.0 Å². The highest BCUT2D eigenvalue weighted by atomic mass is 19.1. The van der Waals surface area contributed by atoms with E-state index in [1.807, 2.05) is 6.07 Å². The number of hydrogen-bond donors (Lipinski definition) is 1. The van der Waals surface area contributed by atoms with Gasteiger partial charge in [0.1, 0.15) is 12.4 Å². The van der Waals surface area contributed by atoms with Gasteiger partial charge in [0.2, 0.25) is 5.91 Å². The second-order valence-corrected chi connectivity index (χ2v) is 5.08. The molecule has 3 rings (SSSR count). The molecule has 0 saturated heterocycles. The fourth-order valence-electron chi connectivity index (χ4n) is 2.37. The lowest BCUT2D eigenvalue weighted by atomic mass is 10.2. The quantitative estimate of drug-likeness (QED) is 0.800. The first-order valence-electron chi connectivity index (χ1n) is 7.08. The summed E-state index contributed by atoms with van der Waals surface area (Å²) in [5, 5.41) is 3.00. The van der Waals surface area contributed by atoms with E-state index < -0.39 is 5.82 Å². The van der Waals surface area contributed by atoms with Crippen molar-refractivity contribution >= 4 is 16.8 Å². The van der Waals surface area contributed by atoms with Crippen molar-refractivity contribution in [3.05, 3.63) is 76.6 Å². The van der Waals surface area contributed by atoms with Crippen LogP contribution in [0.15, 0.2) is 59.8 Å². The summed E-state index contributed by atoms with van der Waals surface area (Å²) in [7, 11) is 0. The highest BCUT2D eigenvalue weighted by Gasteiger charge is 2.10. The van der Waals surface area contributed by atoms with E-state index in [0.717, 1.165) is 5.56 Å². The van der Waals surface area contributed by atoms with Gasteiger partial charge in [-0.3, -0.25) is 14.6 Å². The molecule has 0 unspecified atom stereocenters. The van der Waals surface area contributed by atoms with Crippen molar-refractivity contribution < 1.29 is 9.18 Å². The van der Waals surface area contributed by atoms with Gasteiger partial charge in [0.05, 0.1) is 5.52 Å². The number of carbonyl (C=O) groups is 1. The number of fused-ring (bicyclic) bond motifs is 1. The van der Waals surface area contributed by atoms with Crippen LogP contribution in [-0.2, 0) is 17.9 Å². The van der Waals surface area contributed by atoms with Gasteiger partial charge in [-0.2, -0.15) is 0 Å². The number of pyridine rings is 2. The van der Waals surface area contributed by atoms with Crippen LogP contribution in [0.1, 0.15) is 5.56 Å². The normalized spacial score (nSPS) is 10.7. The van der Waals surface area contributed by atoms with E-state index in [1.165, 1.54) is 29.0 Å². The molecular formula is C17H14FN3O2. The molecule has 0 radical (unpaired) electrons. The number of nitrogens with one attached hydrogen (secondary N) is 1. The van der Waals surface area contributed by atoms with Gasteiger partial charge < -0.3 is 9.88 Å². The van der Waals surface area contributed by atoms with Crippen LogP contribution in [0.3, 0.4) is 0 Å². The SMILES string of the molecule is O=C(Cn1ccc(=O)c2cccc(F)c21)NCc1cccnc1. The van der Waals surface area contributed by atoms with Crippen LogP contribution in [0.2, 0.25) is 0 Å². The van der Waals surface area contributed by atoms with Crippen LogP contribution < -0.4 is 10.7 Å². The Hall–Kier alpha value is -3.02. The number of para-hydroxylation sites is 1. The molecule has 2 heterocycles. The molecule has 3 aromatic rings. The van der Waals surface area contributed by atoms with Crippen molar-refractivity contribution in [2.24, 2.45) is 0 Å². The van der Waals surface area contributed by atoms with Crippen molar-refractivity contribution in [1.29, 1.82) is 0 Å². The van der Waals surface area contributed by atoms with Crippen molar-refractivity contribution in [2.45, 2.75) is 13.1 Å². The minimum atomic E-state index is -0.528. The van der Waals surface area contributed by atoms with E-state index in [-0.39, 0.29) is 28.8 Å². The average molecular weight is 311 g/mol. The van der Waals surface area contributed by atoms with Crippen LogP contribution in [0.25, 0.3) is 10.9 Å². The number of benzene rings is 1. The third-order valence-corrected chi connectivity index (χ3v) is 3.47. The number of halogens is 1. The van der Waals surface area contributed by atoms with E-state index >= 15 is 0 Å². The predicted molar refractivity (Wildman–Crippen MR) is 84.2 cm³/mol. The molecule has 0 bridgehead atoms. The maximum atomic E-state index is 14.0. The molecule has 1 aromatic carbocycles. The second-order valence-electron chi connectivity index (χ2n) is 5.08. The second kappa shape index (κ2) is 6.39. The molecule has 0 atom stereocenters. The summed E-state index contributed by atoms with van der Waals surface area (Å²) >= 11 is 0.